The second-order valence-corrected chi connectivity index (χ2v) is 22.3. The molecule has 0 aromatic rings. The second kappa shape index (κ2) is 58.1. The molecule has 63 heavy (non-hydrogen) atoms. The van der Waals surface area contributed by atoms with Crippen molar-refractivity contribution in [2.75, 3.05) is 0 Å². The van der Waals surface area contributed by atoms with Crippen molar-refractivity contribution in [3.8, 4) is 0 Å². The third kappa shape index (κ3) is 79.5. The Labute approximate surface area is 402 Å². The fraction of sp³-hybridized carbons (Fsp3) is 1.00. The fourth-order valence-electron chi connectivity index (χ4n) is 3.00. The van der Waals surface area contributed by atoms with E-state index in [4.69, 9.17) is 0 Å². The number of rotatable bonds is 0. The van der Waals surface area contributed by atoms with Gasteiger partial charge in [-0.25, -0.2) is 0 Å². The van der Waals surface area contributed by atoms with Crippen molar-refractivity contribution in [1.29, 1.82) is 0 Å². The minimum Gasteiger partial charge on any atom is -0.0533 e. The highest BCUT2D eigenvalue weighted by atomic mass is 14.1. The van der Waals surface area contributed by atoms with Gasteiger partial charge in [0.05, 0.1) is 0 Å². The van der Waals surface area contributed by atoms with Crippen LogP contribution in [0.4, 0.5) is 0 Å². The lowest BCUT2D eigenvalue weighted by molar-refractivity contribution is 0.504. The van der Waals surface area contributed by atoms with E-state index in [1.165, 1.54) is 405 Å². The van der Waals surface area contributed by atoms with E-state index in [2.05, 4.69) is 0 Å². The summed E-state index contributed by atoms with van der Waals surface area (Å²) < 4.78 is 0. The average Bonchev–Trinajstić information content (AvgIpc) is 3.78. The smallest absolute Gasteiger partial charge is 0.0533 e. The molecule has 0 nitrogen and oxygen atoms in total. The van der Waals surface area contributed by atoms with Gasteiger partial charge in [0.25, 0.3) is 0 Å². The molecule has 0 heteroatoms. The zero-order chi connectivity index (χ0) is 44.5. The van der Waals surface area contributed by atoms with Gasteiger partial charge >= 0.3 is 0 Å². The average molecular weight is 884 g/mol. The fourth-order valence-corrected chi connectivity index (χ4v) is 3.00. The highest BCUT2D eigenvalue weighted by Crippen LogP contribution is 2.20. The van der Waals surface area contributed by atoms with E-state index < -0.39 is 0 Å². The van der Waals surface area contributed by atoms with Crippen molar-refractivity contribution in [3.05, 3.63) is 0 Å². The van der Waals surface area contributed by atoms with E-state index in [1.54, 1.807) is 0 Å². The van der Waals surface area contributed by atoms with Crippen molar-refractivity contribution >= 4 is 0 Å². The molecule has 17 rings (SSSR count). The van der Waals surface area contributed by atoms with Crippen molar-refractivity contribution < 1.29 is 0 Å². The first-order valence-corrected chi connectivity index (χ1v) is 31.5. The van der Waals surface area contributed by atoms with Gasteiger partial charge in [0.15, 0.2) is 0 Å². The maximum absolute atomic E-state index is 1.50. The summed E-state index contributed by atoms with van der Waals surface area (Å²) in [6.07, 6.45) is 94.5. The van der Waals surface area contributed by atoms with E-state index in [-0.39, 0.29) is 0 Å². The molecule has 0 bridgehead atoms. The van der Waals surface area contributed by atoms with Gasteiger partial charge < -0.3 is 0 Å². The molecule has 0 heterocycles. The van der Waals surface area contributed by atoms with Crippen LogP contribution in [0.1, 0.15) is 405 Å². The van der Waals surface area contributed by atoms with Crippen LogP contribution in [0.25, 0.3) is 0 Å². The van der Waals surface area contributed by atoms with Gasteiger partial charge in [-0.2, -0.15) is 0 Å². The molecule has 17 saturated carbocycles. The Balaban J connectivity index is 0.000000335. The van der Waals surface area contributed by atoms with Gasteiger partial charge in [0.2, 0.25) is 0 Å². The van der Waals surface area contributed by atoms with E-state index in [9.17, 15) is 0 Å². The monoisotopic (exact) mass is 883 g/mol. The highest BCUT2D eigenvalue weighted by molar-refractivity contribution is 4.56. The normalized spacial score (nSPS) is 24.0. The molecule has 0 unspecified atom stereocenters. The standard InChI is InChI=1S/12C4H8.5C3H6/c12*1-2-4-3-1;5*1-2-3-1/h12*1-4H2;5*1-3H2. The first-order chi connectivity index (χ1) is 31.5. The molecule has 378 valence electrons. The Morgan fingerprint density at radius 1 is 0.0317 bits per heavy atom. The molecule has 0 radical (unpaired) electrons. The molecule has 0 aliphatic heterocycles. The summed E-state index contributed by atoms with van der Waals surface area (Å²) in [5, 5.41) is 0. The molecule has 0 spiro atoms. The summed E-state index contributed by atoms with van der Waals surface area (Å²) in [4.78, 5) is 0. The van der Waals surface area contributed by atoms with E-state index in [0.717, 1.165) is 0 Å². The zero-order valence-corrected chi connectivity index (χ0v) is 44.5. The van der Waals surface area contributed by atoms with E-state index >= 15 is 0 Å². The topological polar surface area (TPSA) is 0 Å². The zero-order valence-electron chi connectivity index (χ0n) is 44.5. The van der Waals surface area contributed by atoms with Crippen LogP contribution in [-0.4, -0.2) is 0 Å². The van der Waals surface area contributed by atoms with Crippen LogP contribution in [0.15, 0.2) is 0 Å². The Kier molecular flexibility index (Phi) is 56.3. The van der Waals surface area contributed by atoms with Crippen LogP contribution in [0.5, 0.6) is 0 Å². The highest BCUT2D eigenvalue weighted by Gasteiger charge is 2.01. The molecular formula is C63H126. The van der Waals surface area contributed by atoms with Crippen molar-refractivity contribution in [1.82, 2.24) is 0 Å². The molecule has 17 fully saturated rings. The van der Waals surface area contributed by atoms with Crippen molar-refractivity contribution in [2.45, 2.75) is 405 Å². The lowest BCUT2D eigenvalue weighted by Crippen LogP contribution is -1.85. The molecule has 0 amide bonds. The third-order valence-electron chi connectivity index (χ3n) is 13.8. The lowest BCUT2D eigenvalue weighted by atomic mass is 10.0. The van der Waals surface area contributed by atoms with Gasteiger partial charge in [0.1, 0.15) is 0 Å². The van der Waals surface area contributed by atoms with Gasteiger partial charge in [0, 0.05) is 0 Å². The van der Waals surface area contributed by atoms with Gasteiger partial charge in [-0.1, -0.05) is 405 Å². The van der Waals surface area contributed by atoms with E-state index in [1.807, 2.05) is 0 Å². The summed E-state index contributed by atoms with van der Waals surface area (Å²) in [6, 6.07) is 0. The molecule has 0 N–H and O–H groups in total. The molecule has 0 saturated heterocycles. The molecule has 17 aliphatic carbocycles. The van der Waals surface area contributed by atoms with E-state index in [0.29, 0.717) is 0 Å². The van der Waals surface area contributed by atoms with Crippen LogP contribution in [0.3, 0.4) is 0 Å². The maximum Gasteiger partial charge on any atom is -0.0533 e. The SMILES string of the molecule is C1CC1.C1CC1.C1CC1.C1CC1.C1CC1.C1CCC1.C1CCC1.C1CCC1.C1CCC1.C1CCC1.C1CCC1.C1CCC1.C1CCC1.C1CCC1.C1CCC1.C1CCC1.C1CCC1. The van der Waals surface area contributed by atoms with Gasteiger partial charge in [-0.15, -0.1) is 0 Å². The summed E-state index contributed by atoms with van der Waals surface area (Å²) in [6.45, 7) is 0. The summed E-state index contributed by atoms with van der Waals surface area (Å²) >= 11 is 0. The quantitative estimate of drug-likeness (QED) is 0.227. The summed E-state index contributed by atoms with van der Waals surface area (Å²) in [5.74, 6) is 0. The maximum atomic E-state index is 1.50. The van der Waals surface area contributed by atoms with Crippen LogP contribution < -0.4 is 0 Å². The van der Waals surface area contributed by atoms with Gasteiger partial charge in [-0.3, -0.25) is 0 Å². The number of hydrogen-bond donors (Lipinski definition) is 0. The molecule has 17 aliphatic rings. The second-order valence-electron chi connectivity index (χ2n) is 22.3. The minimum atomic E-state index is 1.50. The molecular weight excluding hydrogens is 757 g/mol. The Bertz CT molecular complexity index is 426. The Hall–Kier alpha value is 0. The van der Waals surface area contributed by atoms with Crippen LogP contribution >= 0.6 is 0 Å². The summed E-state index contributed by atoms with van der Waals surface area (Å²) in [5.41, 5.74) is 0. The van der Waals surface area contributed by atoms with Crippen molar-refractivity contribution in [3.63, 3.8) is 0 Å². The lowest BCUT2D eigenvalue weighted by Gasteiger charge is -2.05. The number of hydrogen-bond acceptors (Lipinski definition) is 0. The summed E-state index contributed by atoms with van der Waals surface area (Å²) in [7, 11) is 0. The predicted octanol–water partition coefficient (Wildman–Crippen LogP) is 24.6. The third-order valence-corrected chi connectivity index (χ3v) is 13.8. The largest absolute Gasteiger partial charge is 0.0533 e. The first-order valence-electron chi connectivity index (χ1n) is 31.5. The Morgan fingerprint density at radius 2 is 0.0476 bits per heavy atom. The molecule has 0 aromatic heterocycles. The minimum absolute atomic E-state index is 1.50. The van der Waals surface area contributed by atoms with Gasteiger partial charge in [-0.05, 0) is 0 Å². The predicted molar refractivity (Wildman–Crippen MR) is 291 cm³/mol. The van der Waals surface area contributed by atoms with Crippen LogP contribution in [0.2, 0.25) is 0 Å². The van der Waals surface area contributed by atoms with Crippen molar-refractivity contribution in [2.24, 2.45) is 0 Å². The van der Waals surface area contributed by atoms with Crippen LogP contribution in [-0.2, 0) is 0 Å². The molecule has 0 aromatic carbocycles. The molecule has 0 atom stereocenters. The Morgan fingerprint density at radius 3 is 0.0476 bits per heavy atom. The van der Waals surface area contributed by atoms with Crippen LogP contribution in [0, 0.1) is 0 Å². The first kappa shape index (κ1) is 61.0.